The van der Waals surface area contributed by atoms with Gasteiger partial charge in [0.15, 0.2) is 5.82 Å². The van der Waals surface area contributed by atoms with Crippen LogP contribution in [-0.4, -0.2) is 56.7 Å². The van der Waals surface area contributed by atoms with Crippen LogP contribution in [0.4, 0.5) is 0 Å². The van der Waals surface area contributed by atoms with Gasteiger partial charge in [-0.3, -0.25) is 9.69 Å². The van der Waals surface area contributed by atoms with Gasteiger partial charge < -0.3 is 11.1 Å². The number of nitrogens with zero attached hydrogens (tertiary/aromatic N) is 5. The number of carbonyl (C=O) groups excluding carboxylic acids is 1. The van der Waals surface area contributed by atoms with E-state index in [4.69, 9.17) is 5.73 Å². The van der Waals surface area contributed by atoms with Gasteiger partial charge in [-0.2, -0.15) is 0 Å². The van der Waals surface area contributed by atoms with Crippen LogP contribution in [0.25, 0.3) is 0 Å². The number of amides is 1. The molecule has 1 saturated heterocycles. The van der Waals surface area contributed by atoms with Crippen molar-refractivity contribution >= 4 is 5.91 Å². The van der Waals surface area contributed by atoms with Crippen molar-refractivity contribution in [2.24, 2.45) is 5.73 Å². The molecule has 1 amide bonds. The fraction of sp³-hybridized carbons (Fsp3) is 0.833. The zero-order valence-electron chi connectivity index (χ0n) is 12.0. The highest BCUT2D eigenvalue weighted by molar-refractivity contribution is 5.75. The molecule has 2 rings (SSSR count). The van der Waals surface area contributed by atoms with Gasteiger partial charge >= 0.3 is 0 Å². The van der Waals surface area contributed by atoms with Crippen LogP contribution in [0.1, 0.15) is 32.0 Å². The Morgan fingerprint density at radius 1 is 1.50 bits per heavy atom. The number of nitrogens with two attached hydrogens (primary N) is 1. The number of hydrogen-bond donors (Lipinski definition) is 2. The molecule has 1 aromatic heterocycles. The second-order valence-corrected chi connectivity index (χ2v) is 5.17. The average molecular weight is 281 g/mol. The summed E-state index contributed by atoms with van der Waals surface area (Å²) < 4.78 is 1.80. The van der Waals surface area contributed by atoms with E-state index in [1.165, 1.54) is 0 Å². The molecule has 1 aromatic rings. The molecule has 0 atom stereocenters. The Labute approximate surface area is 118 Å². The van der Waals surface area contributed by atoms with Crippen LogP contribution in [0.5, 0.6) is 0 Å². The standard InChI is InChI=1S/C12H23N7O/c1-2-7-19-12(15-16-17-19)9-18(8-11(13)20)10-3-5-14-6-4-10/h10,14H,2-9H2,1H3,(H2,13,20). The predicted octanol–water partition coefficient (Wildman–Crippen LogP) is -0.878. The minimum Gasteiger partial charge on any atom is -0.369 e. The van der Waals surface area contributed by atoms with E-state index < -0.39 is 0 Å². The number of piperidine rings is 1. The van der Waals surface area contributed by atoms with Gasteiger partial charge in [0.25, 0.3) is 0 Å². The summed E-state index contributed by atoms with van der Waals surface area (Å²) in [5.41, 5.74) is 5.37. The monoisotopic (exact) mass is 281 g/mol. The molecule has 20 heavy (non-hydrogen) atoms. The average Bonchev–Trinajstić information content (AvgIpc) is 2.86. The van der Waals surface area contributed by atoms with Gasteiger partial charge in [-0.25, -0.2) is 4.68 Å². The van der Waals surface area contributed by atoms with Gasteiger partial charge in [-0.15, -0.1) is 5.10 Å². The lowest BCUT2D eigenvalue weighted by atomic mass is 10.0. The SMILES string of the molecule is CCCn1nnnc1CN(CC(N)=O)C1CCNCC1. The Bertz CT molecular complexity index is 427. The third-order valence-corrected chi connectivity index (χ3v) is 3.57. The number of tetrazole rings is 1. The molecule has 0 aromatic carbocycles. The number of carbonyl (C=O) groups is 1. The summed E-state index contributed by atoms with van der Waals surface area (Å²) >= 11 is 0. The number of aromatic nitrogens is 4. The van der Waals surface area contributed by atoms with Crippen molar-refractivity contribution in [2.75, 3.05) is 19.6 Å². The Kier molecular flexibility index (Phi) is 5.42. The van der Waals surface area contributed by atoms with Crippen LogP contribution >= 0.6 is 0 Å². The highest BCUT2D eigenvalue weighted by atomic mass is 16.1. The Balaban J connectivity index is 2.05. The van der Waals surface area contributed by atoms with Crippen molar-refractivity contribution in [1.82, 2.24) is 30.4 Å². The molecule has 0 bridgehead atoms. The van der Waals surface area contributed by atoms with Crippen LogP contribution in [0.15, 0.2) is 0 Å². The fourth-order valence-corrected chi connectivity index (χ4v) is 2.59. The van der Waals surface area contributed by atoms with Crippen molar-refractivity contribution in [1.29, 1.82) is 0 Å². The summed E-state index contributed by atoms with van der Waals surface area (Å²) in [7, 11) is 0. The van der Waals surface area contributed by atoms with Crippen molar-refractivity contribution < 1.29 is 4.79 Å². The number of nitrogens with one attached hydrogen (secondary N) is 1. The molecule has 1 fully saturated rings. The summed E-state index contributed by atoms with van der Waals surface area (Å²) in [6.45, 7) is 5.64. The van der Waals surface area contributed by atoms with Crippen molar-refractivity contribution in [3.63, 3.8) is 0 Å². The first-order valence-electron chi connectivity index (χ1n) is 7.18. The van der Waals surface area contributed by atoms with E-state index in [0.717, 1.165) is 44.7 Å². The van der Waals surface area contributed by atoms with Gasteiger partial charge in [0.05, 0.1) is 13.1 Å². The maximum Gasteiger partial charge on any atom is 0.231 e. The summed E-state index contributed by atoms with van der Waals surface area (Å²) in [4.78, 5) is 13.4. The predicted molar refractivity (Wildman–Crippen MR) is 73.6 cm³/mol. The van der Waals surface area contributed by atoms with Crippen molar-refractivity contribution in [3.05, 3.63) is 5.82 Å². The number of hydrogen-bond acceptors (Lipinski definition) is 6. The molecule has 1 aliphatic heterocycles. The molecule has 112 valence electrons. The summed E-state index contributed by atoms with van der Waals surface area (Å²) in [5, 5.41) is 15.1. The molecule has 0 radical (unpaired) electrons. The van der Waals surface area contributed by atoms with Crippen LogP contribution in [-0.2, 0) is 17.9 Å². The van der Waals surface area contributed by atoms with Crippen molar-refractivity contribution in [2.45, 2.75) is 45.3 Å². The van der Waals surface area contributed by atoms with Crippen LogP contribution in [0.3, 0.4) is 0 Å². The number of rotatable bonds is 7. The molecule has 0 saturated carbocycles. The van der Waals surface area contributed by atoms with Gasteiger partial charge in [-0.1, -0.05) is 6.92 Å². The summed E-state index contributed by atoms with van der Waals surface area (Å²) in [5.74, 6) is 0.490. The van der Waals surface area contributed by atoms with E-state index in [2.05, 4.69) is 32.7 Å². The third kappa shape index (κ3) is 3.97. The van der Waals surface area contributed by atoms with E-state index in [9.17, 15) is 4.79 Å². The minimum atomic E-state index is -0.307. The highest BCUT2D eigenvalue weighted by Gasteiger charge is 2.24. The smallest absolute Gasteiger partial charge is 0.231 e. The topological polar surface area (TPSA) is 102 Å². The maximum atomic E-state index is 11.3. The molecular weight excluding hydrogens is 258 g/mol. The number of aryl methyl sites for hydroxylation is 1. The first kappa shape index (κ1) is 14.9. The Morgan fingerprint density at radius 3 is 2.90 bits per heavy atom. The third-order valence-electron chi connectivity index (χ3n) is 3.57. The molecule has 0 spiro atoms. The molecule has 1 aliphatic rings. The summed E-state index contributed by atoms with van der Waals surface area (Å²) in [6, 6.07) is 0.357. The molecule has 8 heteroatoms. The molecule has 3 N–H and O–H groups in total. The van der Waals surface area contributed by atoms with E-state index in [1.54, 1.807) is 4.68 Å². The number of primary amides is 1. The van der Waals surface area contributed by atoms with E-state index in [-0.39, 0.29) is 12.5 Å². The van der Waals surface area contributed by atoms with Gasteiger partial charge in [0.1, 0.15) is 0 Å². The van der Waals surface area contributed by atoms with E-state index in [0.29, 0.717) is 12.6 Å². The zero-order valence-corrected chi connectivity index (χ0v) is 12.0. The quantitative estimate of drug-likeness (QED) is 0.673. The Hall–Kier alpha value is -1.54. The fourth-order valence-electron chi connectivity index (χ4n) is 2.59. The van der Waals surface area contributed by atoms with Gasteiger partial charge in [0.2, 0.25) is 5.91 Å². The molecule has 0 aliphatic carbocycles. The lowest BCUT2D eigenvalue weighted by Crippen LogP contribution is -2.46. The maximum absolute atomic E-state index is 11.3. The highest BCUT2D eigenvalue weighted by Crippen LogP contribution is 2.14. The first-order valence-corrected chi connectivity index (χ1v) is 7.18. The van der Waals surface area contributed by atoms with Crippen LogP contribution < -0.4 is 11.1 Å². The first-order chi connectivity index (χ1) is 9.70. The zero-order chi connectivity index (χ0) is 14.4. The van der Waals surface area contributed by atoms with Gasteiger partial charge in [-0.05, 0) is 42.8 Å². The van der Waals surface area contributed by atoms with Crippen molar-refractivity contribution in [3.8, 4) is 0 Å². The second kappa shape index (κ2) is 7.30. The molecule has 0 unspecified atom stereocenters. The van der Waals surface area contributed by atoms with Crippen LogP contribution in [0.2, 0.25) is 0 Å². The lowest BCUT2D eigenvalue weighted by Gasteiger charge is -2.33. The second-order valence-electron chi connectivity index (χ2n) is 5.17. The Morgan fingerprint density at radius 2 is 2.25 bits per heavy atom. The normalized spacial score (nSPS) is 16.7. The molecule has 8 nitrogen and oxygen atoms in total. The molecule has 2 heterocycles. The summed E-state index contributed by atoms with van der Waals surface area (Å²) in [6.07, 6.45) is 3.01. The lowest BCUT2D eigenvalue weighted by molar-refractivity contribution is -0.120. The largest absolute Gasteiger partial charge is 0.369 e. The van der Waals surface area contributed by atoms with Crippen LogP contribution in [0, 0.1) is 0 Å². The van der Waals surface area contributed by atoms with Gasteiger partial charge in [0, 0.05) is 12.6 Å². The van der Waals surface area contributed by atoms with E-state index >= 15 is 0 Å². The minimum absolute atomic E-state index is 0.254. The molecular formula is C12H23N7O. The van der Waals surface area contributed by atoms with E-state index in [1.807, 2.05) is 0 Å².